The second kappa shape index (κ2) is 8.61. The predicted octanol–water partition coefficient (Wildman–Crippen LogP) is 5.04. The molecule has 0 aliphatic heterocycles. The number of hydrogen-bond donors (Lipinski definition) is 2. The van der Waals surface area contributed by atoms with Gasteiger partial charge < -0.3 is 10.4 Å². The van der Waals surface area contributed by atoms with Gasteiger partial charge in [-0.3, -0.25) is 4.79 Å². The van der Waals surface area contributed by atoms with Gasteiger partial charge in [0.05, 0.1) is 5.92 Å². The first-order chi connectivity index (χ1) is 14.2. The molecule has 0 heterocycles. The van der Waals surface area contributed by atoms with Gasteiger partial charge in [-0.1, -0.05) is 97.1 Å². The molecule has 144 valence electrons. The molecule has 3 heteroatoms. The van der Waals surface area contributed by atoms with Crippen molar-refractivity contribution in [2.75, 3.05) is 6.54 Å². The number of rotatable bonds is 6. The van der Waals surface area contributed by atoms with E-state index in [9.17, 15) is 9.90 Å². The molecule has 0 atom stereocenters. The van der Waals surface area contributed by atoms with Gasteiger partial charge in [-0.05, 0) is 28.5 Å². The molecule has 2 N–H and O–H groups in total. The Balaban J connectivity index is 1.50. The Morgan fingerprint density at radius 2 is 1.34 bits per heavy atom. The average molecular weight is 381 g/mol. The zero-order valence-electron chi connectivity index (χ0n) is 16.1. The third kappa shape index (κ3) is 4.14. The van der Waals surface area contributed by atoms with Crippen molar-refractivity contribution in [3.8, 4) is 5.75 Å². The zero-order chi connectivity index (χ0) is 20.1. The van der Waals surface area contributed by atoms with Crippen molar-refractivity contribution in [2.24, 2.45) is 0 Å². The largest absolute Gasteiger partial charge is 0.507 e. The highest BCUT2D eigenvalue weighted by Gasteiger charge is 2.22. The van der Waals surface area contributed by atoms with Crippen LogP contribution in [-0.4, -0.2) is 17.6 Å². The number of carbonyl (C=O) groups is 1. The van der Waals surface area contributed by atoms with Gasteiger partial charge in [-0.2, -0.15) is 0 Å². The number of hydrogen-bond acceptors (Lipinski definition) is 2. The lowest BCUT2D eigenvalue weighted by atomic mass is 9.90. The number of nitrogens with one attached hydrogen (secondary N) is 1. The number of phenols is 1. The molecule has 0 radical (unpaired) electrons. The maximum absolute atomic E-state index is 13.1. The van der Waals surface area contributed by atoms with E-state index < -0.39 is 0 Å². The summed E-state index contributed by atoms with van der Waals surface area (Å²) in [6, 6.07) is 31.3. The maximum atomic E-state index is 13.1. The quantitative estimate of drug-likeness (QED) is 0.492. The van der Waals surface area contributed by atoms with Crippen LogP contribution >= 0.6 is 0 Å². The van der Waals surface area contributed by atoms with Gasteiger partial charge in [0, 0.05) is 11.9 Å². The molecule has 0 fully saturated rings. The molecule has 0 saturated heterocycles. The average Bonchev–Trinajstić information content (AvgIpc) is 2.77. The van der Waals surface area contributed by atoms with Crippen molar-refractivity contribution in [3.63, 3.8) is 0 Å². The number of phenolic OH excluding ortho intramolecular Hbond substituents is 1. The van der Waals surface area contributed by atoms with Gasteiger partial charge in [-0.15, -0.1) is 0 Å². The summed E-state index contributed by atoms with van der Waals surface area (Å²) in [6.07, 6.45) is 0.568. The lowest BCUT2D eigenvalue weighted by Gasteiger charge is -2.18. The zero-order valence-corrected chi connectivity index (χ0v) is 16.1. The highest BCUT2D eigenvalue weighted by molar-refractivity contribution is 5.89. The Kier molecular flexibility index (Phi) is 5.57. The second-order valence-corrected chi connectivity index (χ2v) is 7.09. The first kappa shape index (κ1) is 18.8. The van der Waals surface area contributed by atoms with E-state index in [-0.39, 0.29) is 11.8 Å². The summed E-state index contributed by atoms with van der Waals surface area (Å²) in [4.78, 5) is 13.1. The summed E-state index contributed by atoms with van der Waals surface area (Å²) in [6.45, 7) is 0.459. The molecule has 0 aliphatic rings. The van der Waals surface area contributed by atoms with Gasteiger partial charge in [0.2, 0.25) is 5.91 Å². The van der Waals surface area contributed by atoms with Crippen LogP contribution in [0.1, 0.15) is 22.6 Å². The number of fused-ring (bicyclic) bond motifs is 1. The number of amides is 1. The van der Waals surface area contributed by atoms with Gasteiger partial charge in [0.25, 0.3) is 0 Å². The maximum Gasteiger partial charge on any atom is 0.232 e. The van der Waals surface area contributed by atoms with Gasteiger partial charge in [-0.25, -0.2) is 0 Å². The van der Waals surface area contributed by atoms with Crippen LogP contribution in [0.4, 0.5) is 0 Å². The van der Waals surface area contributed by atoms with E-state index in [1.165, 1.54) is 0 Å². The monoisotopic (exact) mass is 381 g/mol. The fourth-order valence-electron chi connectivity index (χ4n) is 3.71. The number of aromatic hydroxyl groups is 1. The van der Waals surface area contributed by atoms with Crippen molar-refractivity contribution in [1.29, 1.82) is 0 Å². The fourth-order valence-corrected chi connectivity index (χ4v) is 3.71. The Morgan fingerprint density at radius 1 is 0.759 bits per heavy atom. The lowest BCUT2D eigenvalue weighted by molar-refractivity contribution is -0.121. The summed E-state index contributed by atoms with van der Waals surface area (Å²) >= 11 is 0. The van der Waals surface area contributed by atoms with Crippen LogP contribution in [0.2, 0.25) is 0 Å². The smallest absolute Gasteiger partial charge is 0.232 e. The predicted molar refractivity (Wildman–Crippen MR) is 117 cm³/mol. The van der Waals surface area contributed by atoms with Crippen molar-refractivity contribution < 1.29 is 9.90 Å². The minimum atomic E-state index is -0.359. The van der Waals surface area contributed by atoms with E-state index in [1.54, 1.807) is 0 Å². The molecular weight excluding hydrogens is 358 g/mol. The molecule has 4 aromatic rings. The highest BCUT2D eigenvalue weighted by atomic mass is 16.3. The van der Waals surface area contributed by atoms with Crippen LogP contribution in [0.3, 0.4) is 0 Å². The van der Waals surface area contributed by atoms with E-state index in [0.717, 1.165) is 27.5 Å². The fraction of sp³-hybridized carbons (Fsp3) is 0.115. The molecule has 0 aliphatic carbocycles. The third-order valence-corrected chi connectivity index (χ3v) is 5.21. The first-order valence-electron chi connectivity index (χ1n) is 9.81. The second-order valence-electron chi connectivity index (χ2n) is 7.09. The molecule has 0 aromatic heterocycles. The first-order valence-corrected chi connectivity index (χ1v) is 9.81. The molecule has 3 nitrogen and oxygen atoms in total. The van der Waals surface area contributed by atoms with Crippen LogP contribution < -0.4 is 5.32 Å². The van der Waals surface area contributed by atoms with E-state index in [4.69, 9.17) is 0 Å². The SMILES string of the molecule is O=C(NCCc1ccc2ccccc2c1O)C(c1ccccc1)c1ccccc1. The molecule has 0 unspecified atom stereocenters. The molecule has 0 spiro atoms. The third-order valence-electron chi connectivity index (χ3n) is 5.21. The molecule has 0 bridgehead atoms. The summed E-state index contributed by atoms with van der Waals surface area (Å²) in [5, 5.41) is 15.5. The van der Waals surface area contributed by atoms with Gasteiger partial charge in [0.15, 0.2) is 0 Å². The normalized spacial score (nSPS) is 10.9. The van der Waals surface area contributed by atoms with Crippen LogP contribution in [-0.2, 0) is 11.2 Å². The van der Waals surface area contributed by atoms with Crippen LogP contribution in [0, 0.1) is 0 Å². The molecule has 29 heavy (non-hydrogen) atoms. The van der Waals surface area contributed by atoms with E-state index in [2.05, 4.69) is 5.32 Å². The number of benzene rings is 4. The Bertz CT molecular complexity index is 1070. The molecule has 0 saturated carbocycles. The summed E-state index contributed by atoms with van der Waals surface area (Å²) in [5.41, 5.74) is 2.76. The Labute approximate surface area is 170 Å². The molecule has 4 rings (SSSR count). The van der Waals surface area contributed by atoms with Crippen molar-refractivity contribution in [2.45, 2.75) is 12.3 Å². The van der Waals surface area contributed by atoms with Crippen molar-refractivity contribution in [1.82, 2.24) is 5.32 Å². The topological polar surface area (TPSA) is 49.3 Å². The minimum Gasteiger partial charge on any atom is -0.507 e. The van der Waals surface area contributed by atoms with Crippen molar-refractivity contribution >= 4 is 16.7 Å². The van der Waals surface area contributed by atoms with E-state index in [0.29, 0.717) is 18.7 Å². The molecule has 4 aromatic carbocycles. The van der Waals surface area contributed by atoms with Crippen LogP contribution in [0.5, 0.6) is 5.75 Å². The van der Waals surface area contributed by atoms with Crippen LogP contribution in [0.15, 0.2) is 97.1 Å². The lowest BCUT2D eigenvalue weighted by Crippen LogP contribution is -2.31. The van der Waals surface area contributed by atoms with Crippen molar-refractivity contribution in [3.05, 3.63) is 114 Å². The number of carbonyl (C=O) groups excluding carboxylic acids is 1. The standard InChI is InChI=1S/C26H23NO2/c28-25-22(16-15-19-9-7-8-14-23(19)25)17-18-27-26(29)24(20-10-3-1-4-11-20)21-12-5-2-6-13-21/h1-16,24,28H,17-18H2,(H,27,29). The highest BCUT2D eigenvalue weighted by Crippen LogP contribution is 2.29. The Morgan fingerprint density at radius 3 is 2.00 bits per heavy atom. The van der Waals surface area contributed by atoms with E-state index >= 15 is 0 Å². The van der Waals surface area contributed by atoms with E-state index in [1.807, 2.05) is 97.1 Å². The summed E-state index contributed by atoms with van der Waals surface area (Å²) in [7, 11) is 0. The van der Waals surface area contributed by atoms with Crippen LogP contribution in [0.25, 0.3) is 10.8 Å². The van der Waals surface area contributed by atoms with Gasteiger partial charge in [0.1, 0.15) is 5.75 Å². The minimum absolute atomic E-state index is 0.0392. The van der Waals surface area contributed by atoms with Gasteiger partial charge >= 0.3 is 0 Å². The summed E-state index contributed by atoms with van der Waals surface area (Å²) in [5.74, 6) is -0.106. The molecular formula is C26H23NO2. The molecule has 1 amide bonds. The Hall–Kier alpha value is -3.59. The summed E-state index contributed by atoms with van der Waals surface area (Å²) < 4.78 is 0.